The van der Waals surface area contributed by atoms with Crippen molar-refractivity contribution in [3.63, 3.8) is 0 Å². The molecule has 1 aromatic heterocycles. The van der Waals surface area contributed by atoms with Crippen LogP contribution in [-0.2, 0) is 12.3 Å². The summed E-state index contributed by atoms with van der Waals surface area (Å²) in [5, 5.41) is 0. The number of benzene rings is 1. The SMILES string of the molecule is Cc1cc(CCl)cnc1N1CC(C)Cc2ccccc21. The number of anilines is 2. The second kappa shape index (κ2) is 5.45. The van der Waals surface area contributed by atoms with Gasteiger partial charge in [0.05, 0.1) is 0 Å². The Morgan fingerprint density at radius 1 is 1.35 bits per heavy atom. The third-order valence-corrected chi connectivity index (χ3v) is 4.17. The molecule has 3 heteroatoms. The Bertz CT molecular complexity index is 624. The molecule has 2 nitrogen and oxygen atoms in total. The van der Waals surface area contributed by atoms with Crippen LogP contribution in [0.25, 0.3) is 0 Å². The smallest absolute Gasteiger partial charge is 0.135 e. The van der Waals surface area contributed by atoms with Crippen LogP contribution in [0.2, 0.25) is 0 Å². The molecule has 0 saturated carbocycles. The fourth-order valence-electron chi connectivity index (χ4n) is 2.98. The first-order chi connectivity index (χ1) is 9.69. The van der Waals surface area contributed by atoms with Crippen LogP contribution in [0.4, 0.5) is 11.5 Å². The first kappa shape index (κ1) is 13.4. The van der Waals surface area contributed by atoms with Crippen molar-refractivity contribution in [1.29, 1.82) is 0 Å². The lowest BCUT2D eigenvalue weighted by atomic mass is 9.93. The van der Waals surface area contributed by atoms with Gasteiger partial charge < -0.3 is 4.90 Å². The summed E-state index contributed by atoms with van der Waals surface area (Å²) in [6.45, 7) is 5.43. The van der Waals surface area contributed by atoms with Gasteiger partial charge in [-0.1, -0.05) is 25.1 Å². The van der Waals surface area contributed by atoms with Crippen molar-refractivity contribution in [2.75, 3.05) is 11.4 Å². The van der Waals surface area contributed by atoms with Gasteiger partial charge in [-0.3, -0.25) is 0 Å². The van der Waals surface area contributed by atoms with E-state index in [1.54, 1.807) is 0 Å². The summed E-state index contributed by atoms with van der Waals surface area (Å²) in [4.78, 5) is 6.99. The summed E-state index contributed by atoms with van der Waals surface area (Å²) in [5.41, 5.74) is 4.96. The van der Waals surface area contributed by atoms with Crippen molar-refractivity contribution < 1.29 is 0 Å². The molecule has 1 atom stereocenters. The standard InChI is InChI=1S/C17H19ClN2/c1-12-7-15-5-3-4-6-16(15)20(11-12)17-13(2)8-14(9-18)10-19-17/h3-6,8,10,12H,7,9,11H2,1-2H3. The Labute approximate surface area is 125 Å². The summed E-state index contributed by atoms with van der Waals surface area (Å²) in [7, 11) is 0. The van der Waals surface area contributed by atoms with Gasteiger partial charge in [0.25, 0.3) is 0 Å². The fraction of sp³-hybridized carbons (Fsp3) is 0.353. The Hall–Kier alpha value is -1.54. The molecule has 1 aromatic carbocycles. The summed E-state index contributed by atoms with van der Waals surface area (Å²) >= 11 is 5.89. The van der Waals surface area contributed by atoms with Gasteiger partial charge in [0.1, 0.15) is 5.82 Å². The number of hydrogen-bond acceptors (Lipinski definition) is 2. The van der Waals surface area contributed by atoms with Crippen molar-refractivity contribution >= 4 is 23.1 Å². The van der Waals surface area contributed by atoms with Crippen LogP contribution in [-0.4, -0.2) is 11.5 Å². The Kier molecular flexibility index (Phi) is 3.66. The van der Waals surface area contributed by atoms with Gasteiger partial charge in [-0.05, 0) is 48.1 Å². The van der Waals surface area contributed by atoms with E-state index in [2.05, 4.69) is 54.1 Å². The minimum absolute atomic E-state index is 0.515. The number of hydrogen-bond donors (Lipinski definition) is 0. The summed E-state index contributed by atoms with van der Waals surface area (Å²) in [6.07, 6.45) is 3.03. The Balaban J connectivity index is 2.06. The van der Waals surface area contributed by atoms with Crippen LogP contribution in [0.3, 0.4) is 0 Å². The predicted octanol–water partition coefficient (Wildman–Crippen LogP) is 4.46. The minimum Gasteiger partial charge on any atom is -0.326 e. The quantitative estimate of drug-likeness (QED) is 0.758. The second-order valence-corrected chi connectivity index (χ2v) is 5.93. The van der Waals surface area contributed by atoms with Gasteiger partial charge in [0, 0.05) is 24.3 Å². The maximum atomic E-state index is 5.89. The molecule has 20 heavy (non-hydrogen) atoms. The molecule has 0 fully saturated rings. The molecule has 0 radical (unpaired) electrons. The van der Waals surface area contributed by atoms with Crippen molar-refractivity contribution in [3.05, 3.63) is 53.2 Å². The van der Waals surface area contributed by atoms with E-state index in [4.69, 9.17) is 11.6 Å². The number of rotatable bonds is 2. The highest BCUT2D eigenvalue weighted by Gasteiger charge is 2.24. The third kappa shape index (κ3) is 2.40. The minimum atomic E-state index is 0.515. The second-order valence-electron chi connectivity index (χ2n) is 5.67. The van der Waals surface area contributed by atoms with Crippen LogP contribution in [0.5, 0.6) is 0 Å². The lowest BCUT2D eigenvalue weighted by molar-refractivity contribution is 0.559. The normalized spacial score (nSPS) is 17.9. The predicted molar refractivity (Wildman–Crippen MR) is 84.8 cm³/mol. The molecule has 1 aliphatic heterocycles. The summed E-state index contributed by atoms with van der Waals surface area (Å²) in [5.74, 6) is 2.21. The van der Waals surface area contributed by atoms with E-state index in [1.807, 2.05) is 6.20 Å². The van der Waals surface area contributed by atoms with Crippen molar-refractivity contribution in [3.8, 4) is 0 Å². The molecule has 0 saturated heterocycles. The highest BCUT2D eigenvalue weighted by molar-refractivity contribution is 6.17. The zero-order valence-electron chi connectivity index (χ0n) is 11.9. The molecule has 0 N–H and O–H groups in total. The number of para-hydroxylation sites is 1. The van der Waals surface area contributed by atoms with Crippen LogP contribution in [0, 0.1) is 12.8 Å². The molecule has 2 aromatic rings. The Morgan fingerprint density at radius 2 is 2.15 bits per heavy atom. The number of aromatic nitrogens is 1. The fourth-order valence-corrected chi connectivity index (χ4v) is 3.12. The lowest BCUT2D eigenvalue weighted by Gasteiger charge is -2.34. The molecule has 2 heterocycles. The molecule has 0 aliphatic carbocycles. The maximum absolute atomic E-state index is 5.89. The monoisotopic (exact) mass is 286 g/mol. The zero-order valence-corrected chi connectivity index (χ0v) is 12.7. The number of fused-ring (bicyclic) bond motifs is 1. The van der Waals surface area contributed by atoms with E-state index in [0.717, 1.165) is 24.3 Å². The van der Waals surface area contributed by atoms with E-state index in [9.17, 15) is 0 Å². The summed E-state index contributed by atoms with van der Waals surface area (Å²) < 4.78 is 0. The van der Waals surface area contributed by atoms with Crippen molar-refractivity contribution in [2.24, 2.45) is 5.92 Å². The van der Waals surface area contributed by atoms with Crippen molar-refractivity contribution in [2.45, 2.75) is 26.1 Å². The molecule has 104 valence electrons. The first-order valence-electron chi connectivity index (χ1n) is 7.06. The third-order valence-electron chi connectivity index (χ3n) is 3.86. The average Bonchev–Trinajstić information content (AvgIpc) is 2.46. The highest BCUT2D eigenvalue weighted by atomic mass is 35.5. The summed E-state index contributed by atoms with van der Waals surface area (Å²) in [6, 6.07) is 10.8. The van der Waals surface area contributed by atoms with Crippen LogP contribution >= 0.6 is 11.6 Å². The number of nitrogens with zero attached hydrogens (tertiary/aromatic N) is 2. The molecule has 3 rings (SSSR count). The lowest BCUT2D eigenvalue weighted by Crippen LogP contribution is -2.31. The van der Waals surface area contributed by atoms with E-state index in [1.165, 1.54) is 16.8 Å². The molecular formula is C17H19ClN2. The van der Waals surface area contributed by atoms with Crippen LogP contribution < -0.4 is 4.90 Å². The molecular weight excluding hydrogens is 268 g/mol. The van der Waals surface area contributed by atoms with E-state index in [-0.39, 0.29) is 0 Å². The van der Waals surface area contributed by atoms with Gasteiger partial charge >= 0.3 is 0 Å². The molecule has 0 amide bonds. The molecule has 0 spiro atoms. The molecule has 1 unspecified atom stereocenters. The largest absolute Gasteiger partial charge is 0.326 e. The Morgan fingerprint density at radius 3 is 2.90 bits per heavy atom. The average molecular weight is 287 g/mol. The van der Waals surface area contributed by atoms with E-state index >= 15 is 0 Å². The van der Waals surface area contributed by atoms with E-state index in [0.29, 0.717) is 11.8 Å². The highest BCUT2D eigenvalue weighted by Crippen LogP contribution is 2.35. The number of alkyl halides is 1. The number of aryl methyl sites for hydroxylation is 1. The zero-order chi connectivity index (χ0) is 14.1. The maximum Gasteiger partial charge on any atom is 0.135 e. The molecule has 0 bridgehead atoms. The van der Waals surface area contributed by atoms with Crippen molar-refractivity contribution in [1.82, 2.24) is 4.98 Å². The molecule has 1 aliphatic rings. The topological polar surface area (TPSA) is 16.1 Å². The van der Waals surface area contributed by atoms with Gasteiger partial charge in [0.15, 0.2) is 0 Å². The van der Waals surface area contributed by atoms with Crippen LogP contribution in [0.1, 0.15) is 23.6 Å². The van der Waals surface area contributed by atoms with Gasteiger partial charge in [-0.2, -0.15) is 0 Å². The van der Waals surface area contributed by atoms with Gasteiger partial charge in [-0.25, -0.2) is 4.98 Å². The number of pyridine rings is 1. The van der Waals surface area contributed by atoms with E-state index < -0.39 is 0 Å². The van der Waals surface area contributed by atoms with Gasteiger partial charge in [-0.15, -0.1) is 11.6 Å². The number of halogens is 1. The van der Waals surface area contributed by atoms with Gasteiger partial charge in [0.2, 0.25) is 0 Å². The first-order valence-corrected chi connectivity index (χ1v) is 7.59. The van der Waals surface area contributed by atoms with Crippen LogP contribution in [0.15, 0.2) is 36.5 Å².